The van der Waals surface area contributed by atoms with E-state index in [1.807, 2.05) is 0 Å². The van der Waals surface area contributed by atoms with Gasteiger partial charge >= 0.3 is 0 Å². The van der Waals surface area contributed by atoms with Gasteiger partial charge in [-0.25, -0.2) is 0 Å². The monoisotopic (exact) mass is 329 g/mol. The maximum atomic E-state index is 10.9. The normalized spacial score (nSPS) is 13.2. The molecule has 0 aliphatic carbocycles. The summed E-state index contributed by atoms with van der Waals surface area (Å²) in [6, 6.07) is 0. The van der Waals surface area contributed by atoms with Crippen LogP contribution in [-0.4, -0.2) is 47.8 Å². The molecule has 138 valence electrons. The molecule has 0 bridgehead atoms. The minimum Gasteiger partial charge on any atom is -0.550 e. The minimum atomic E-state index is -0.974. The largest absolute Gasteiger partial charge is 0.550 e. The van der Waals surface area contributed by atoms with E-state index in [1.165, 1.54) is 19.3 Å². The van der Waals surface area contributed by atoms with Crippen molar-refractivity contribution in [3.05, 3.63) is 0 Å². The van der Waals surface area contributed by atoms with Gasteiger partial charge in [0.2, 0.25) is 0 Å². The van der Waals surface area contributed by atoms with Gasteiger partial charge in [-0.15, -0.1) is 0 Å². The van der Waals surface area contributed by atoms with Crippen LogP contribution in [0.3, 0.4) is 0 Å². The molecule has 0 saturated heterocycles. The first kappa shape index (κ1) is 22.4. The highest BCUT2D eigenvalue weighted by Gasteiger charge is 2.29. The van der Waals surface area contributed by atoms with Gasteiger partial charge in [-0.2, -0.15) is 0 Å². The Morgan fingerprint density at radius 3 is 1.96 bits per heavy atom. The van der Waals surface area contributed by atoms with E-state index in [9.17, 15) is 15.0 Å². The van der Waals surface area contributed by atoms with Crippen LogP contribution in [0.15, 0.2) is 0 Å². The van der Waals surface area contributed by atoms with Gasteiger partial charge in [-0.05, 0) is 19.3 Å². The molecule has 0 amide bonds. The van der Waals surface area contributed by atoms with Crippen molar-refractivity contribution in [1.29, 1.82) is 0 Å². The van der Waals surface area contributed by atoms with Crippen molar-refractivity contribution in [3.8, 4) is 0 Å². The van der Waals surface area contributed by atoms with E-state index < -0.39 is 5.97 Å². The second kappa shape index (κ2) is 13.8. The number of carbonyl (C=O) groups is 1. The molecule has 4 nitrogen and oxygen atoms in total. The molecule has 0 aromatic carbocycles. The van der Waals surface area contributed by atoms with Gasteiger partial charge in [-0.3, -0.25) is 0 Å². The topological polar surface area (TPSA) is 60.4 Å². The summed E-state index contributed by atoms with van der Waals surface area (Å²) in [7, 11) is 0. The maximum Gasteiger partial charge on any atom is 0.105 e. The van der Waals surface area contributed by atoms with Crippen LogP contribution in [-0.2, 0) is 4.79 Å². The molecule has 0 radical (unpaired) electrons. The Bertz CT molecular complexity index is 286. The van der Waals surface area contributed by atoms with Crippen LogP contribution in [0.5, 0.6) is 0 Å². The highest BCUT2D eigenvalue weighted by atomic mass is 16.4. The Labute approximate surface area is 143 Å². The van der Waals surface area contributed by atoms with E-state index in [-0.39, 0.29) is 12.5 Å². The number of rotatable bonds is 16. The lowest BCUT2D eigenvalue weighted by Gasteiger charge is -2.40. The molecule has 0 aromatic rings. The highest BCUT2D eigenvalue weighted by Crippen LogP contribution is 2.17. The van der Waals surface area contributed by atoms with Crippen molar-refractivity contribution < 1.29 is 19.5 Å². The van der Waals surface area contributed by atoms with E-state index in [0.29, 0.717) is 13.1 Å². The number of aliphatic hydroxyl groups excluding tert-OH is 1. The van der Waals surface area contributed by atoms with E-state index in [2.05, 4.69) is 20.8 Å². The number of carbonyl (C=O) groups excluding carboxylic acids is 1. The SMILES string of the molecule is CCCCCCC(O)C[N+](CCCC)(CCCC)CCC(=O)[O-]. The average molecular weight is 330 g/mol. The van der Waals surface area contributed by atoms with E-state index >= 15 is 0 Å². The summed E-state index contributed by atoms with van der Waals surface area (Å²) in [5, 5.41) is 21.4. The molecule has 0 aliphatic rings. The number of unbranched alkanes of at least 4 members (excludes halogenated alkanes) is 5. The van der Waals surface area contributed by atoms with E-state index in [4.69, 9.17) is 0 Å². The van der Waals surface area contributed by atoms with Crippen LogP contribution in [0.25, 0.3) is 0 Å². The third-order valence-corrected chi connectivity index (χ3v) is 4.75. The van der Waals surface area contributed by atoms with Crippen LogP contribution in [0.4, 0.5) is 0 Å². The summed E-state index contributed by atoms with van der Waals surface area (Å²) >= 11 is 0. The first-order chi connectivity index (χ1) is 11.0. The van der Waals surface area contributed by atoms with Crippen LogP contribution in [0, 0.1) is 0 Å². The maximum absolute atomic E-state index is 10.9. The predicted octanol–water partition coefficient (Wildman–Crippen LogP) is 2.87. The molecule has 0 heterocycles. The summed E-state index contributed by atoms with van der Waals surface area (Å²) in [5.41, 5.74) is 0. The van der Waals surface area contributed by atoms with Crippen LogP contribution >= 0.6 is 0 Å². The highest BCUT2D eigenvalue weighted by molar-refractivity contribution is 5.64. The molecule has 1 atom stereocenters. The van der Waals surface area contributed by atoms with Crippen molar-refractivity contribution >= 4 is 5.97 Å². The fraction of sp³-hybridized carbons (Fsp3) is 0.947. The van der Waals surface area contributed by atoms with Gasteiger partial charge in [0.1, 0.15) is 12.6 Å². The molecule has 0 aliphatic heterocycles. The zero-order chi connectivity index (χ0) is 17.6. The molecule has 0 fully saturated rings. The summed E-state index contributed by atoms with van der Waals surface area (Å²) in [6.45, 7) is 9.73. The summed E-state index contributed by atoms with van der Waals surface area (Å²) in [4.78, 5) is 10.9. The van der Waals surface area contributed by atoms with Crippen molar-refractivity contribution in [1.82, 2.24) is 0 Å². The van der Waals surface area contributed by atoms with Gasteiger partial charge in [-0.1, -0.05) is 59.3 Å². The van der Waals surface area contributed by atoms with Gasteiger partial charge in [0.25, 0.3) is 0 Å². The molecule has 23 heavy (non-hydrogen) atoms. The van der Waals surface area contributed by atoms with E-state index in [0.717, 1.165) is 56.1 Å². The number of aliphatic carboxylic acids is 1. The first-order valence-electron chi connectivity index (χ1n) is 9.72. The number of quaternary nitrogens is 1. The molecule has 1 unspecified atom stereocenters. The predicted molar refractivity (Wildman–Crippen MR) is 93.9 cm³/mol. The Kier molecular flexibility index (Phi) is 13.4. The van der Waals surface area contributed by atoms with Crippen molar-refractivity contribution in [2.75, 3.05) is 26.2 Å². The molecule has 4 heteroatoms. The number of hydrogen-bond donors (Lipinski definition) is 1. The number of carboxylic acids is 1. The molecule has 0 saturated carbocycles. The second-order valence-corrected chi connectivity index (χ2v) is 7.03. The molecule has 0 aromatic heterocycles. The smallest absolute Gasteiger partial charge is 0.105 e. The molecular formula is C19H39NO3. The summed E-state index contributed by atoms with van der Waals surface area (Å²) < 4.78 is 0.741. The summed E-state index contributed by atoms with van der Waals surface area (Å²) in [6.07, 6.45) is 9.65. The zero-order valence-electron chi connectivity index (χ0n) is 15.7. The Morgan fingerprint density at radius 2 is 1.48 bits per heavy atom. The third kappa shape index (κ3) is 11.5. The van der Waals surface area contributed by atoms with E-state index in [1.54, 1.807) is 0 Å². The first-order valence-corrected chi connectivity index (χ1v) is 9.72. The standard InChI is InChI=1S/C19H39NO3/c1-4-7-10-11-12-18(21)17-20(14-8-5-2,15-9-6-3)16-13-19(22)23/h18,21H,4-17H2,1-3H3. The summed E-state index contributed by atoms with van der Waals surface area (Å²) in [5.74, 6) is -0.974. The lowest BCUT2D eigenvalue weighted by Crippen LogP contribution is -2.55. The van der Waals surface area contributed by atoms with Crippen LogP contribution in [0.1, 0.15) is 85.0 Å². The quantitative estimate of drug-likeness (QED) is 0.350. The average Bonchev–Trinajstić information content (AvgIpc) is 2.53. The number of carboxylic acid groups (broad SMARTS) is 1. The Hall–Kier alpha value is -0.610. The van der Waals surface area contributed by atoms with Gasteiger partial charge < -0.3 is 19.5 Å². The molecule has 1 N–H and O–H groups in total. The number of hydrogen-bond acceptors (Lipinski definition) is 3. The fourth-order valence-electron chi connectivity index (χ4n) is 3.27. The number of aliphatic hydroxyl groups is 1. The zero-order valence-corrected chi connectivity index (χ0v) is 15.7. The molecule has 0 rings (SSSR count). The fourth-order valence-corrected chi connectivity index (χ4v) is 3.27. The molecule has 0 spiro atoms. The van der Waals surface area contributed by atoms with Crippen LogP contribution < -0.4 is 5.11 Å². The van der Waals surface area contributed by atoms with Crippen LogP contribution in [0.2, 0.25) is 0 Å². The van der Waals surface area contributed by atoms with Crippen molar-refractivity contribution in [3.63, 3.8) is 0 Å². The number of nitrogens with zero attached hydrogens (tertiary/aromatic N) is 1. The molecular weight excluding hydrogens is 290 g/mol. The van der Waals surface area contributed by atoms with Crippen molar-refractivity contribution in [2.24, 2.45) is 0 Å². The second-order valence-electron chi connectivity index (χ2n) is 7.03. The van der Waals surface area contributed by atoms with Gasteiger partial charge in [0.05, 0.1) is 19.6 Å². The van der Waals surface area contributed by atoms with Gasteiger partial charge in [0, 0.05) is 12.4 Å². The minimum absolute atomic E-state index is 0.0932. The lowest BCUT2D eigenvalue weighted by molar-refractivity contribution is -0.931. The third-order valence-electron chi connectivity index (χ3n) is 4.75. The van der Waals surface area contributed by atoms with Gasteiger partial charge in [0.15, 0.2) is 0 Å². The lowest BCUT2D eigenvalue weighted by atomic mass is 10.1. The Morgan fingerprint density at radius 1 is 0.913 bits per heavy atom. The Balaban J connectivity index is 4.69. The van der Waals surface area contributed by atoms with Crippen molar-refractivity contribution in [2.45, 2.75) is 91.1 Å².